The van der Waals surface area contributed by atoms with E-state index in [2.05, 4.69) is 4.90 Å². The maximum atomic E-state index is 14.4. The van der Waals surface area contributed by atoms with Gasteiger partial charge in [-0.1, -0.05) is 13.8 Å². The number of cyclic esters (lactones) is 1. The van der Waals surface area contributed by atoms with E-state index in [1.807, 2.05) is 13.8 Å². The molecule has 36 heavy (non-hydrogen) atoms. The van der Waals surface area contributed by atoms with E-state index in [-0.39, 0.29) is 29.0 Å². The number of piperidine rings is 2. The molecule has 4 aliphatic heterocycles. The Morgan fingerprint density at radius 3 is 2.58 bits per heavy atom. The fourth-order valence-corrected chi connectivity index (χ4v) is 6.26. The van der Waals surface area contributed by atoms with Crippen LogP contribution in [0.15, 0.2) is 23.0 Å². The minimum absolute atomic E-state index is 0.0684. The number of aliphatic hydroxyl groups is 1. The molecule has 1 aliphatic carbocycles. The summed E-state index contributed by atoms with van der Waals surface area (Å²) in [5.41, 5.74) is 9.71. The third kappa shape index (κ3) is 3.37. The number of benzene rings is 1. The lowest BCUT2D eigenvalue weighted by Crippen LogP contribution is -2.48. The summed E-state index contributed by atoms with van der Waals surface area (Å²) < 4.78 is 21.0. The molecular formula is C27H29FN4O4. The molecule has 1 atom stereocenters. The Morgan fingerprint density at radius 1 is 1.14 bits per heavy atom. The molecule has 2 saturated heterocycles. The zero-order valence-electron chi connectivity index (χ0n) is 20.4. The SMILES string of the molecule is CC.Nc1cc2c(CN3CC4CC(C4)C3)c3c(nc2cc1F)-c1cc2c(c(=O)n1C3)COC(=O)C2O. The lowest BCUT2D eigenvalue weighted by molar-refractivity contribution is -0.157. The van der Waals surface area contributed by atoms with E-state index in [0.717, 1.165) is 41.4 Å². The molecule has 0 spiro atoms. The Morgan fingerprint density at radius 2 is 1.86 bits per heavy atom. The second-order valence-electron chi connectivity index (χ2n) is 10.1. The average Bonchev–Trinajstić information content (AvgIpc) is 3.22. The Kier molecular flexibility index (Phi) is 5.38. The third-order valence-electron chi connectivity index (χ3n) is 7.94. The molecule has 0 amide bonds. The number of aliphatic hydroxyl groups excluding tert-OH is 1. The van der Waals surface area contributed by atoms with E-state index in [4.69, 9.17) is 15.5 Å². The summed E-state index contributed by atoms with van der Waals surface area (Å²) in [7, 11) is 0. The van der Waals surface area contributed by atoms with Gasteiger partial charge in [-0.2, -0.15) is 0 Å². The largest absolute Gasteiger partial charge is 0.458 e. The predicted octanol–water partition coefficient (Wildman–Crippen LogP) is 3.10. The molecule has 2 bridgehead atoms. The second-order valence-corrected chi connectivity index (χ2v) is 10.1. The standard InChI is InChI=1S/C25H23FN4O4.C2H6/c26-18-5-20-13(3-19(18)27)15(8-29-6-11-1-12(2-11)7-29)16-9-30-21(22(16)28-20)4-14-17(24(30)32)10-34-25(33)23(14)31;1-2/h3-5,11-12,23,31H,1-2,6-10,27H2;1-2H3. The first kappa shape index (κ1) is 23.1. The number of nitrogens with zero attached hydrogens (tertiary/aromatic N) is 3. The molecule has 3 N–H and O–H groups in total. The fraction of sp³-hybridized carbons (Fsp3) is 0.444. The third-order valence-corrected chi connectivity index (χ3v) is 7.94. The van der Waals surface area contributed by atoms with Gasteiger partial charge in [0.1, 0.15) is 12.4 Å². The summed E-state index contributed by atoms with van der Waals surface area (Å²) in [6, 6.07) is 4.64. The van der Waals surface area contributed by atoms with Gasteiger partial charge in [-0.25, -0.2) is 14.2 Å². The first-order valence-corrected chi connectivity index (χ1v) is 12.6. The van der Waals surface area contributed by atoms with Crippen molar-refractivity contribution in [3.05, 3.63) is 56.6 Å². The number of pyridine rings is 2. The zero-order chi connectivity index (χ0) is 25.3. The zero-order valence-corrected chi connectivity index (χ0v) is 20.4. The van der Waals surface area contributed by atoms with Crippen molar-refractivity contribution in [3.63, 3.8) is 0 Å². The van der Waals surface area contributed by atoms with Crippen LogP contribution in [0, 0.1) is 17.7 Å². The van der Waals surface area contributed by atoms with Crippen molar-refractivity contribution < 1.29 is 19.0 Å². The molecule has 5 aliphatic rings. The smallest absolute Gasteiger partial charge is 0.340 e. The average molecular weight is 493 g/mol. The lowest BCUT2D eigenvalue weighted by atomic mass is 9.71. The first-order valence-electron chi connectivity index (χ1n) is 12.6. The number of esters is 1. The highest BCUT2D eigenvalue weighted by Crippen LogP contribution is 2.42. The van der Waals surface area contributed by atoms with Gasteiger partial charge in [-0.3, -0.25) is 9.69 Å². The summed E-state index contributed by atoms with van der Waals surface area (Å²) in [6.45, 7) is 6.88. The Bertz CT molecular complexity index is 1470. The topological polar surface area (TPSA) is 111 Å². The summed E-state index contributed by atoms with van der Waals surface area (Å²) in [5.74, 6) is 0.147. The number of halogens is 1. The van der Waals surface area contributed by atoms with Crippen molar-refractivity contribution in [2.45, 2.75) is 52.5 Å². The molecule has 6 heterocycles. The van der Waals surface area contributed by atoms with Crippen molar-refractivity contribution in [3.8, 4) is 11.4 Å². The van der Waals surface area contributed by atoms with E-state index >= 15 is 0 Å². The van der Waals surface area contributed by atoms with Crippen LogP contribution in [0.5, 0.6) is 0 Å². The van der Waals surface area contributed by atoms with Gasteiger partial charge < -0.3 is 20.1 Å². The lowest BCUT2D eigenvalue weighted by Gasteiger charge is -2.47. The highest BCUT2D eigenvalue weighted by Gasteiger charge is 2.38. The van der Waals surface area contributed by atoms with Crippen LogP contribution in [0.1, 0.15) is 55.0 Å². The van der Waals surface area contributed by atoms with Gasteiger partial charge >= 0.3 is 5.97 Å². The number of hydrogen-bond donors (Lipinski definition) is 2. The fourth-order valence-electron chi connectivity index (χ4n) is 6.26. The van der Waals surface area contributed by atoms with Gasteiger partial charge in [0.25, 0.3) is 5.56 Å². The number of anilines is 1. The molecule has 2 aromatic heterocycles. The monoisotopic (exact) mass is 492 g/mol. The highest BCUT2D eigenvalue weighted by molar-refractivity contribution is 5.90. The summed E-state index contributed by atoms with van der Waals surface area (Å²) in [5, 5.41) is 11.2. The molecule has 1 aromatic carbocycles. The molecule has 3 aromatic rings. The maximum Gasteiger partial charge on any atom is 0.340 e. The van der Waals surface area contributed by atoms with Gasteiger partial charge in [-0.15, -0.1) is 0 Å². The number of fused-ring (bicyclic) bond motifs is 7. The Hall–Kier alpha value is -3.30. The van der Waals surface area contributed by atoms with Crippen LogP contribution in [0.25, 0.3) is 22.3 Å². The normalized spacial score (nSPS) is 23.7. The van der Waals surface area contributed by atoms with E-state index in [9.17, 15) is 19.1 Å². The minimum atomic E-state index is -1.51. The number of ether oxygens (including phenoxy) is 1. The van der Waals surface area contributed by atoms with Crippen molar-refractivity contribution in [1.29, 1.82) is 0 Å². The highest BCUT2D eigenvalue weighted by atomic mass is 19.1. The molecule has 0 radical (unpaired) electrons. The maximum absolute atomic E-state index is 14.4. The van der Waals surface area contributed by atoms with Crippen molar-refractivity contribution in [2.75, 3.05) is 18.8 Å². The Balaban J connectivity index is 0.00000117. The van der Waals surface area contributed by atoms with Crippen molar-refractivity contribution in [1.82, 2.24) is 14.5 Å². The van der Waals surface area contributed by atoms with Crippen LogP contribution < -0.4 is 11.3 Å². The number of carbonyl (C=O) groups excluding carboxylic acids is 1. The van der Waals surface area contributed by atoms with E-state index in [1.165, 1.54) is 18.9 Å². The summed E-state index contributed by atoms with van der Waals surface area (Å²) in [4.78, 5) is 32.4. The molecular weight excluding hydrogens is 463 g/mol. The van der Waals surface area contributed by atoms with Crippen LogP contribution >= 0.6 is 0 Å². The number of carbonyl (C=O) groups is 1. The summed E-state index contributed by atoms with van der Waals surface area (Å²) >= 11 is 0. The quantitative estimate of drug-likeness (QED) is 0.327. The molecule has 1 unspecified atom stereocenters. The van der Waals surface area contributed by atoms with Crippen LogP contribution in [-0.4, -0.2) is 38.6 Å². The molecule has 9 heteroatoms. The second kappa shape index (κ2) is 8.38. The molecule has 1 saturated carbocycles. The molecule has 188 valence electrons. The van der Waals surface area contributed by atoms with Gasteiger partial charge in [0.15, 0.2) is 6.10 Å². The van der Waals surface area contributed by atoms with E-state index in [1.54, 1.807) is 16.7 Å². The van der Waals surface area contributed by atoms with Crippen LogP contribution in [0.3, 0.4) is 0 Å². The van der Waals surface area contributed by atoms with Crippen LogP contribution in [-0.2, 0) is 29.2 Å². The molecule has 3 fully saturated rings. The Labute approximate surface area is 207 Å². The molecule has 8 rings (SSSR count). The van der Waals surface area contributed by atoms with E-state index < -0.39 is 17.9 Å². The first-order chi connectivity index (χ1) is 17.4. The van der Waals surface area contributed by atoms with Crippen LogP contribution in [0.2, 0.25) is 0 Å². The van der Waals surface area contributed by atoms with Crippen molar-refractivity contribution in [2.24, 2.45) is 11.8 Å². The van der Waals surface area contributed by atoms with Crippen molar-refractivity contribution >= 4 is 22.6 Å². The van der Waals surface area contributed by atoms with Gasteiger partial charge in [-0.05, 0) is 42.4 Å². The summed E-state index contributed by atoms with van der Waals surface area (Å²) in [6.07, 6.45) is 1.07. The number of aromatic nitrogens is 2. The van der Waals surface area contributed by atoms with Crippen LogP contribution in [0.4, 0.5) is 10.1 Å². The number of hydrogen-bond acceptors (Lipinski definition) is 7. The number of nitrogen functional groups attached to an aromatic ring is 1. The van der Waals surface area contributed by atoms with E-state index in [0.29, 0.717) is 30.0 Å². The van der Waals surface area contributed by atoms with Gasteiger partial charge in [0.05, 0.1) is 34.7 Å². The number of nitrogens with two attached hydrogens (primary N) is 1. The number of rotatable bonds is 2. The molecule has 8 nitrogen and oxygen atoms in total. The van der Waals surface area contributed by atoms with Gasteiger partial charge in [0, 0.05) is 42.2 Å². The van der Waals surface area contributed by atoms with Gasteiger partial charge in [0.2, 0.25) is 0 Å². The minimum Gasteiger partial charge on any atom is -0.458 e. The predicted molar refractivity (Wildman–Crippen MR) is 133 cm³/mol.